The second kappa shape index (κ2) is 6.64. The van der Waals surface area contributed by atoms with Gasteiger partial charge in [-0.1, -0.05) is 18.2 Å². The van der Waals surface area contributed by atoms with Crippen LogP contribution in [0.15, 0.2) is 36.7 Å². The minimum Gasteiger partial charge on any atom is -0.452 e. The Labute approximate surface area is 134 Å². The molecule has 1 aromatic carbocycles. The summed E-state index contributed by atoms with van der Waals surface area (Å²) < 4.78 is 6.77. The van der Waals surface area contributed by atoms with Crippen LogP contribution >= 0.6 is 0 Å². The van der Waals surface area contributed by atoms with Crippen molar-refractivity contribution < 1.29 is 14.3 Å². The number of hydrogen-bond acceptors (Lipinski definition) is 4. The van der Waals surface area contributed by atoms with Crippen LogP contribution in [0.4, 0.5) is 5.69 Å². The van der Waals surface area contributed by atoms with Crippen molar-refractivity contribution in [3.63, 3.8) is 0 Å². The molecule has 6 heteroatoms. The van der Waals surface area contributed by atoms with Crippen LogP contribution in [0.25, 0.3) is 0 Å². The number of hydrogen-bond donors (Lipinski definition) is 0. The Balaban J connectivity index is 1.63. The first kappa shape index (κ1) is 15.3. The van der Waals surface area contributed by atoms with Crippen LogP contribution in [-0.4, -0.2) is 34.8 Å². The molecule has 1 aliphatic rings. The number of ether oxygens (including phenoxy) is 1. The molecule has 1 aliphatic heterocycles. The van der Waals surface area contributed by atoms with E-state index in [1.807, 2.05) is 31.2 Å². The fourth-order valence-corrected chi connectivity index (χ4v) is 2.72. The third-order valence-electron chi connectivity index (χ3n) is 3.93. The SMILES string of the molecule is CCn1cc(C(=O)OCC(=O)N2CCCc3ccccc32)cn1. The van der Waals surface area contributed by atoms with E-state index in [2.05, 4.69) is 5.10 Å². The van der Waals surface area contributed by atoms with Crippen molar-refractivity contribution in [1.82, 2.24) is 9.78 Å². The number of rotatable bonds is 4. The van der Waals surface area contributed by atoms with Crippen molar-refractivity contribution >= 4 is 17.6 Å². The highest BCUT2D eigenvalue weighted by molar-refractivity contribution is 5.97. The molecule has 120 valence electrons. The number of para-hydroxylation sites is 1. The van der Waals surface area contributed by atoms with E-state index in [0.717, 1.165) is 24.1 Å². The molecule has 0 saturated heterocycles. The van der Waals surface area contributed by atoms with Gasteiger partial charge in [-0.15, -0.1) is 0 Å². The van der Waals surface area contributed by atoms with Crippen LogP contribution < -0.4 is 4.90 Å². The Bertz CT molecular complexity index is 723. The first-order valence-corrected chi connectivity index (χ1v) is 7.77. The zero-order valence-electron chi connectivity index (χ0n) is 13.1. The Hall–Kier alpha value is -2.63. The number of aryl methyl sites for hydroxylation is 2. The van der Waals surface area contributed by atoms with Crippen LogP contribution in [0.2, 0.25) is 0 Å². The van der Waals surface area contributed by atoms with Gasteiger partial charge in [0.2, 0.25) is 0 Å². The van der Waals surface area contributed by atoms with E-state index in [9.17, 15) is 9.59 Å². The molecule has 0 atom stereocenters. The summed E-state index contributed by atoms with van der Waals surface area (Å²) >= 11 is 0. The van der Waals surface area contributed by atoms with E-state index in [1.165, 1.54) is 6.20 Å². The Morgan fingerprint density at radius 2 is 2.13 bits per heavy atom. The van der Waals surface area contributed by atoms with Crippen LogP contribution in [0, 0.1) is 0 Å². The summed E-state index contributed by atoms with van der Waals surface area (Å²) in [4.78, 5) is 26.0. The number of fused-ring (bicyclic) bond motifs is 1. The van der Waals surface area contributed by atoms with Gasteiger partial charge in [-0.05, 0) is 31.4 Å². The van der Waals surface area contributed by atoms with Crippen molar-refractivity contribution in [2.24, 2.45) is 0 Å². The summed E-state index contributed by atoms with van der Waals surface area (Å²) in [5, 5.41) is 4.02. The maximum absolute atomic E-state index is 12.4. The Morgan fingerprint density at radius 1 is 1.30 bits per heavy atom. The molecule has 23 heavy (non-hydrogen) atoms. The molecular formula is C17H19N3O3. The number of benzene rings is 1. The molecule has 0 aliphatic carbocycles. The van der Waals surface area contributed by atoms with E-state index in [0.29, 0.717) is 18.7 Å². The van der Waals surface area contributed by atoms with E-state index in [-0.39, 0.29) is 12.5 Å². The normalized spacial score (nSPS) is 13.5. The number of nitrogens with zero attached hydrogens (tertiary/aromatic N) is 3. The van der Waals surface area contributed by atoms with E-state index < -0.39 is 5.97 Å². The lowest BCUT2D eigenvalue weighted by atomic mass is 10.0. The van der Waals surface area contributed by atoms with Gasteiger partial charge in [0.25, 0.3) is 5.91 Å². The highest BCUT2D eigenvalue weighted by Gasteiger charge is 2.23. The smallest absolute Gasteiger partial charge is 0.341 e. The lowest BCUT2D eigenvalue weighted by Crippen LogP contribution is -2.38. The zero-order chi connectivity index (χ0) is 16.2. The number of anilines is 1. The molecule has 0 radical (unpaired) electrons. The maximum Gasteiger partial charge on any atom is 0.341 e. The lowest BCUT2D eigenvalue weighted by molar-refractivity contribution is -0.121. The molecule has 0 fully saturated rings. The fraction of sp³-hybridized carbons (Fsp3) is 0.353. The summed E-state index contributed by atoms with van der Waals surface area (Å²) in [6, 6.07) is 7.84. The molecule has 1 aromatic heterocycles. The molecule has 0 saturated carbocycles. The summed E-state index contributed by atoms with van der Waals surface area (Å²) in [5.41, 5.74) is 2.43. The number of carbonyl (C=O) groups is 2. The van der Waals surface area contributed by atoms with Gasteiger partial charge in [-0.3, -0.25) is 9.48 Å². The van der Waals surface area contributed by atoms with Crippen LogP contribution in [-0.2, 0) is 22.5 Å². The van der Waals surface area contributed by atoms with Gasteiger partial charge >= 0.3 is 5.97 Å². The van der Waals surface area contributed by atoms with Crippen molar-refractivity contribution in [3.8, 4) is 0 Å². The average Bonchev–Trinajstić information content (AvgIpc) is 3.08. The zero-order valence-corrected chi connectivity index (χ0v) is 13.1. The molecule has 2 aromatic rings. The summed E-state index contributed by atoms with van der Waals surface area (Å²) in [6.07, 6.45) is 4.95. The largest absolute Gasteiger partial charge is 0.452 e. The first-order valence-electron chi connectivity index (χ1n) is 7.77. The molecule has 1 amide bonds. The minimum atomic E-state index is -0.525. The van der Waals surface area contributed by atoms with Crippen molar-refractivity contribution in [1.29, 1.82) is 0 Å². The Kier molecular flexibility index (Phi) is 4.41. The minimum absolute atomic E-state index is 0.201. The molecule has 3 rings (SSSR count). The van der Waals surface area contributed by atoms with E-state index >= 15 is 0 Å². The van der Waals surface area contributed by atoms with Crippen molar-refractivity contribution in [2.75, 3.05) is 18.1 Å². The number of esters is 1. The van der Waals surface area contributed by atoms with Crippen molar-refractivity contribution in [3.05, 3.63) is 47.8 Å². The van der Waals surface area contributed by atoms with Crippen LogP contribution in [0.5, 0.6) is 0 Å². The predicted molar refractivity (Wildman–Crippen MR) is 85.3 cm³/mol. The van der Waals surface area contributed by atoms with Gasteiger partial charge in [0.1, 0.15) is 0 Å². The van der Waals surface area contributed by atoms with Crippen molar-refractivity contribution in [2.45, 2.75) is 26.3 Å². The van der Waals surface area contributed by atoms with E-state index in [4.69, 9.17) is 4.74 Å². The number of carbonyl (C=O) groups excluding carboxylic acids is 2. The van der Waals surface area contributed by atoms with Gasteiger partial charge in [0.05, 0.1) is 11.8 Å². The third kappa shape index (κ3) is 3.26. The molecule has 0 bridgehead atoms. The lowest BCUT2D eigenvalue weighted by Gasteiger charge is -2.29. The third-order valence-corrected chi connectivity index (χ3v) is 3.93. The number of aromatic nitrogens is 2. The molecule has 0 unspecified atom stereocenters. The van der Waals surface area contributed by atoms with E-state index in [1.54, 1.807) is 15.8 Å². The topological polar surface area (TPSA) is 64.4 Å². The maximum atomic E-state index is 12.4. The van der Waals surface area contributed by atoms with Gasteiger partial charge in [0.15, 0.2) is 6.61 Å². The summed E-state index contributed by atoms with van der Waals surface area (Å²) in [6.45, 7) is 3.00. The fourth-order valence-electron chi connectivity index (χ4n) is 2.72. The summed E-state index contributed by atoms with van der Waals surface area (Å²) in [5.74, 6) is -0.725. The quantitative estimate of drug-likeness (QED) is 0.810. The van der Waals surface area contributed by atoms with Crippen LogP contribution in [0.3, 0.4) is 0 Å². The van der Waals surface area contributed by atoms with Crippen LogP contribution in [0.1, 0.15) is 29.3 Å². The summed E-state index contributed by atoms with van der Waals surface area (Å²) in [7, 11) is 0. The molecule has 6 nitrogen and oxygen atoms in total. The Morgan fingerprint density at radius 3 is 2.91 bits per heavy atom. The first-order chi connectivity index (χ1) is 11.2. The molecule has 2 heterocycles. The second-order valence-corrected chi connectivity index (χ2v) is 5.44. The average molecular weight is 313 g/mol. The highest BCUT2D eigenvalue weighted by atomic mass is 16.5. The highest BCUT2D eigenvalue weighted by Crippen LogP contribution is 2.26. The second-order valence-electron chi connectivity index (χ2n) is 5.44. The van der Waals surface area contributed by atoms with Gasteiger partial charge in [-0.25, -0.2) is 4.79 Å². The molecular weight excluding hydrogens is 294 g/mol. The molecule has 0 spiro atoms. The van der Waals surface area contributed by atoms with Gasteiger partial charge in [0, 0.05) is 25.0 Å². The van der Waals surface area contributed by atoms with Gasteiger partial charge in [-0.2, -0.15) is 5.10 Å². The number of amides is 1. The monoisotopic (exact) mass is 313 g/mol. The van der Waals surface area contributed by atoms with Gasteiger partial charge < -0.3 is 9.64 Å². The predicted octanol–water partition coefficient (Wildman–Crippen LogP) is 2.04. The standard InChI is InChI=1S/C17H19N3O3/c1-2-19-11-14(10-18-19)17(22)23-12-16(21)20-9-5-7-13-6-3-4-8-15(13)20/h3-4,6,8,10-11H,2,5,7,9,12H2,1H3. The molecule has 0 N–H and O–H groups in total.